The SMILES string of the molecule is O=CCc1cc2cc(O)ccc2s1. The summed E-state index contributed by atoms with van der Waals surface area (Å²) < 4.78 is 1.11. The van der Waals surface area contributed by atoms with Crippen molar-refractivity contribution < 1.29 is 9.90 Å². The highest BCUT2D eigenvalue weighted by molar-refractivity contribution is 7.19. The van der Waals surface area contributed by atoms with E-state index in [-0.39, 0.29) is 5.75 Å². The lowest BCUT2D eigenvalue weighted by Gasteiger charge is -1.89. The topological polar surface area (TPSA) is 37.3 Å². The number of hydrogen-bond acceptors (Lipinski definition) is 3. The molecule has 0 bridgehead atoms. The lowest BCUT2D eigenvalue weighted by molar-refractivity contribution is -0.107. The molecule has 1 aromatic heterocycles. The molecule has 0 saturated heterocycles. The van der Waals surface area contributed by atoms with Gasteiger partial charge in [-0.1, -0.05) is 0 Å². The molecule has 0 radical (unpaired) electrons. The lowest BCUT2D eigenvalue weighted by Crippen LogP contribution is -1.76. The largest absolute Gasteiger partial charge is 0.508 e. The first-order chi connectivity index (χ1) is 6.29. The fourth-order valence-corrected chi connectivity index (χ4v) is 2.26. The van der Waals surface area contributed by atoms with Crippen LogP contribution in [-0.2, 0) is 11.2 Å². The molecule has 2 aromatic rings. The molecule has 0 aliphatic carbocycles. The van der Waals surface area contributed by atoms with Crippen molar-refractivity contribution >= 4 is 27.7 Å². The van der Waals surface area contributed by atoms with Crippen LogP contribution in [0, 0.1) is 0 Å². The summed E-state index contributed by atoms with van der Waals surface area (Å²) in [4.78, 5) is 11.3. The van der Waals surface area contributed by atoms with Crippen molar-refractivity contribution in [3.05, 3.63) is 29.1 Å². The van der Waals surface area contributed by atoms with Gasteiger partial charge in [-0.25, -0.2) is 0 Å². The number of hydrogen-bond donors (Lipinski definition) is 1. The molecule has 2 rings (SSSR count). The predicted molar refractivity (Wildman–Crippen MR) is 53.3 cm³/mol. The third-order valence-corrected chi connectivity index (χ3v) is 2.97. The molecule has 0 unspecified atom stereocenters. The number of carbonyl (C=O) groups excluding carboxylic acids is 1. The summed E-state index contributed by atoms with van der Waals surface area (Å²) in [5, 5.41) is 10.2. The number of phenolic OH excluding ortho intramolecular Hbond substituents is 1. The zero-order chi connectivity index (χ0) is 9.26. The number of aldehydes is 1. The molecule has 1 aromatic carbocycles. The van der Waals surface area contributed by atoms with E-state index in [2.05, 4.69) is 0 Å². The second kappa shape index (κ2) is 3.18. The van der Waals surface area contributed by atoms with Gasteiger partial charge >= 0.3 is 0 Å². The van der Waals surface area contributed by atoms with Crippen molar-refractivity contribution in [1.82, 2.24) is 0 Å². The van der Waals surface area contributed by atoms with Gasteiger partial charge in [0.1, 0.15) is 12.0 Å². The number of thiophene rings is 1. The number of benzene rings is 1. The van der Waals surface area contributed by atoms with Gasteiger partial charge in [0.15, 0.2) is 0 Å². The minimum absolute atomic E-state index is 0.267. The maximum Gasteiger partial charge on any atom is 0.125 e. The summed E-state index contributed by atoms with van der Waals surface area (Å²) in [5.41, 5.74) is 0. The highest BCUT2D eigenvalue weighted by Crippen LogP contribution is 2.28. The van der Waals surface area contributed by atoms with Gasteiger partial charge in [-0.15, -0.1) is 11.3 Å². The fourth-order valence-electron chi connectivity index (χ4n) is 1.27. The first-order valence-electron chi connectivity index (χ1n) is 3.94. The maximum absolute atomic E-state index is 10.3. The highest BCUT2D eigenvalue weighted by atomic mass is 32.1. The van der Waals surface area contributed by atoms with E-state index in [0.29, 0.717) is 6.42 Å². The van der Waals surface area contributed by atoms with Crippen molar-refractivity contribution in [3.63, 3.8) is 0 Å². The van der Waals surface area contributed by atoms with Crippen LogP contribution in [0.1, 0.15) is 4.88 Å². The summed E-state index contributed by atoms with van der Waals surface area (Å²) in [6, 6.07) is 7.17. The number of carbonyl (C=O) groups is 1. The quantitative estimate of drug-likeness (QED) is 0.741. The first kappa shape index (κ1) is 8.26. The maximum atomic E-state index is 10.3. The fraction of sp³-hybridized carbons (Fsp3) is 0.100. The molecule has 66 valence electrons. The van der Waals surface area contributed by atoms with Crippen LogP contribution in [0.4, 0.5) is 0 Å². The van der Waals surface area contributed by atoms with E-state index in [9.17, 15) is 9.90 Å². The zero-order valence-corrected chi connectivity index (χ0v) is 7.67. The van der Waals surface area contributed by atoms with Gasteiger partial charge in [-0.05, 0) is 29.7 Å². The van der Waals surface area contributed by atoms with E-state index in [1.165, 1.54) is 0 Å². The molecule has 0 amide bonds. The summed E-state index contributed by atoms with van der Waals surface area (Å²) in [6.45, 7) is 0. The van der Waals surface area contributed by atoms with E-state index in [4.69, 9.17) is 0 Å². The smallest absolute Gasteiger partial charge is 0.125 e. The Kier molecular flexibility index (Phi) is 2.02. The van der Waals surface area contributed by atoms with Gasteiger partial charge in [0, 0.05) is 16.0 Å². The molecule has 0 saturated carbocycles. The Balaban J connectivity index is 2.55. The zero-order valence-electron chi connectivity index (χ0n) is 6.86. The Hall–Kier alpha value is -1.35. The van der Waals surface area contributed by atoms with E-state index in [1.807, 2.05) is 12.1 Å². The Bertz CT molecular complexity index is 445. The summed E-state index contributed by atoms with van der Waals surface area (Å²) in [7, 11) is 0. The van der Waals surface area contributed by atoms with Gasteiger partial charge in [0.25, 0.3) is 0 Å². The highest BCUT2D eigenvalue weighted by Gasteiger charge is 2.01. The minimum Gasteiger partial charge on any atom is -0.508 e. The van der Waals surface area contributed by atoms with Crippen molar-refractivity contribution in [2.75, 3.05) is 0 Å². The van der Waals surface area contributed by atoms with Crippen molar-refractivity contribution in [2.24, 2.45) is 0 Å². The Morgan fingerprint density at radius 1 is 1.38 bits per heavy atom. The van der Waals surface area contributed by atoms with Crippen LogP contribution in [0.3, 0.4) is 0 Å². The predicted octanol–water partition coefficient (Wildman–Crippen LogP) is 2.35. The average Bonchev–Trinajstić information content (AvgIpc) is 2.46. The number of aromatic hydroxyl groups is 1. The third-order valence-electron chi connectivity index (χ3n) is 1.84. The van der Waals surface area contributed by atoms with Crippen LogP contribution in [-0.4, -0.2) is 11.4 Å². The molecule has 2 nitrogen and oxygen atoms in total. The molecule has 1 heterocycles. The molecular weight excluding hydrogens is 184 g/mol. The first-order valence-corrected chi connectivity index (χ1v) is 4.76. The van der Waals surface area contributed by atoms with Gasteiger partial charge in [-0.2, -0.15) is 0 Å². The monoisotopic (exact) mass is 192 g/mol. The summed E-state index contributed by atoms with van der Waals surface area (Å²) in [6.07, 6.45) is 1.35. The van der Waals surface area contributed by atoms with E-state index >= 15 is 0 Å². The molecule has 0 aliphatic rings. The van der Waals surface area contributed by atoms with Crippen LogP contribution < -0.4 is 0 Å². The second-order valence-corrected chi connectivity index (χ2v) is 3.97. The molecular formula is C10H8O2S. The minimum atomic E-state index is 0.267. The van der Waals surface area contributed by atoms with Crippen LogP contribution in [0.15, 0.2) is 24.3 Å². The lowest BCUT2D eigenvalue weighted by atomic mass is 10.2. The Morgan fingerprint density at radius 3 is 3.00 bits per heavy atom. The Labute approximate surface area is 79.4 Å². The second-order valence-electron chi connectivity index (χ2n) is 2.81. The molecule has 3 heteroatoms. The van der Waals surface area contributed by atoms with E-state index in [0.717, 1.165) is 21.2 Å². The Morgan fingerprint density at radius 2 is 2.23 bits per heavy atom. The van der Waals surface area contributed by atoms with Crippen LogP contribution in [0.25, 0.3) is 10.1 Å². The number of phenols is 1. The molecule has 13 heavy (non-hydrogen) atoms. The van der Waals surface area contributed by atoms with Gasteiger partial charge in [0.2, 0.25) is 0 Å². The van der Waals surface area contributed by atoms with E-state index in [1.54, 1.807) is 23.5 Å². The number of fused-ring (bicyclic) bond motifs is 1. The van der Waals surface area contributed by atoms with Gasteiger partial charge in [0.05, 0.1) is 0 Å². The molecule has 0 aliphatic heterocycles. The third kappa shape index (κ3) is 1.55. The molecule has 0 spiro atoms. The molecule has 0 atom stereocenters. The average molecular weight is 192 g/mol. The molecule has 0 fully saturated rings. The van der Waals surface area contributed by atoms with Crippen molar-refractivity contribution in [3.8, 4) is 5.75 Å². The standard InChI is InChI=1S/C10H8O2S/c11-4-3-9-6-7-5-8(12)1-2-10(7)13-9/h1-2,4-6,12H,3H2. The van der Waals surface area contributed by atoms with Gasteiger partial charge in [-0.3, -0.25) is 0 Å². The summed E-state index contributed by atoms with van der Waals surface area (Å²) >= 11 is 1.59. The van der Waals surface area contributed by atoms with Crippen LogP contribution in [0.2, 0.25) is 0 Å². The summed E-state index contributed by atoms with van der Waals surface area (Å²) in [5.74, 6) is 0.267. The van der Waals surface area contributed by atoms with Crippen molar-refractivity contribution in [2.45, 2.75) is 6.42 Å². The molecule has 1 N–H and O–H groups in total. The van der Waals surface area contributed by atoms with Gasteiger partial charge < -0.3 is 9.90 Å². The van der Waals surface area contributed by atoms with Crippen LogP contribution in [0.5, 0.6) is 5.75 Å². The van der Waals surface area contributed by atoms with Crippen molar-refractivity contribution in [1.29, 1.82) is 0 Å². The number of rotatable bonds is 2. The van der Waals surface area contributed by atoms with E-state index < -0.39 is 0 Å². The van der Waals surface area contributed by atoms with Crippen LogP contribution >= 0.6 is 11.3 Å². The normalized spacial score (nSPS) is 10.5.